The summed E-state index contributed by atoms with van der Waals surface area (Å²) in [5.74, 6) is -0.253. The number of nitrogens with one attached hydrogen (secondary N) is 2. The fourth-order valence-electron chi connectivity index (χ4n) is 3.42. The number of hydrogen-bond donors (Lipinski definition) is 2. The maximum Gasteiger partial charge on any atom is 0.251 e. The van der Waals surface area contributed by atoms with Gasteiger partial charge in [-0.1, -0.05) is 12.1 Å². The highest BCUT2D eigenvalue weighted by atomic mass is 32.1. The summed E-state index contributed by atoms with van der Waals surface area (Å²) in [6.45, 7) is 3.66. The maximum absolute atomic E-state index is 12.5. The third-order valence-corrected chi connectivity index (χ3v) is 7.26. The molecule has 7 nitrogen and oxygen atoms in total. The molecule has 0 aliphatic carbocycles. The number of thiophene rings is 1. The smallest absolute Gasteiger partial charge is 0.251 e. The second-order valence-corrected chi connectivity index (χ2v) is 9.49. The van der Waals surface area contributed by atoms with E-state index in [-0.39, 0.29) is 5.91 Å². The average molecular weight is 452 g/mol. The van der Waals surface area contributed by atoms with Crippen LogP contribution in [0.5, 0.6) is 0 Å². The van der Waals surface area contributed by atoms with E-state index in [2.05, 4.69) is 39.9 Å². The number of aryl methyl sites for hydroxylation is 1. The third-order valence-electron chi connectivity index (χ3n) is 5.03. The zero-order valence-electron chi connectivity index (χ0n) is 17.0. The van der Waals surface area contributed by atoms with Crippen LogP contribution in [0, 0.1) is 29.6 Å². The molecule has 0 saturated carbocycles. The molecule has 3 aromatic rings. The number of carbonyl (C=O) groups is 1. The van der Waals surface area contributed by atoms with Crippen LogP contribution < -0.4 is 10.6 Å². The predicted molar refractivity (Wildman–Crippen MR) is 121 cm³/mol. The lowest BCUT2D eigenvalue weighted by atomic mass is 10.1. The molecule has 3 heterocycles. The lowest BCUT2D eigenvalue weighted by molar-refractivity contribution is -0.132. The summed E-state index contributed by atoms with van der Waals surface area (Å²) in [6, 6.07) is 11.9. The Morgan fingerprint density at radius 2 is 2.26 bits per heavy atom. The van der Waals surface area contributed by atoms with E-state index in [0.717, 1.165) is 44.2 Å². The van der Waals surface area contributed by atoms with Crippen LogP contribution in [0.1, 0.15) is 21.9 Å². The lowest BCUT2D eigenvalue weighted by Gasteiger charge is -2.17. The highest BCUT2D eigenvalue weighted by Gasteiger charge is 2.24. The van der Waals surface area contributed by atoms with E-state index in [0.29, 0.717) is 24.4 Å². The van der Waals surface area contributed by atoms with Gasteiger partial charge in [0, 0.05) is 34.7 Å². The molecule has 2 atom stereocenters. The van der Waals surface area contributed by atoms with Crippen LogP contribution >= 0.6 is 22.7 Å². The Hall–Kier alpha value is -2.82. The zero-order chi connectivity index (χ0) is 21.8. The van der Waals surface area contributed by atoms with Gasteiger partial charge in [-0.3, -0.25) is 4.79 Å². The first-order valence-electron chi connectivity index (χ1n) is 10.00. The van der Waals surface area contributed by atoms with Gasteiger partial charge in [-0.15, -0.1) is 22.7 Å². The second kappa shape index (κ2) is 9.54. The number of ether oxygens (including phenoxy) is 1. The summed E-state index contributed by atoms with van der Waals surface area (Å²) in [5, 5.41) is 26.6. The number of rotatable bonds is 5. The van der Waals surface area contributed by atoms with Crippen LogP contribution in [0.2, 0.25) is 0 Å². The highest BCUT2D eigenvalue weighted by Crippen LogP contribution is 2.33. The Labute approximate surface area is 188 Å². The third kappa shape index (κ3) is 4.92. The molecule has 1 fully saturated rings. The summed E-state index contributed by atoms with van der Waals surface area (Å²) in [5.41, 5.74) is 1.72. The van der Waals surface area contributed by atoms with Gasteiger partial charge in [0.2, 0.25) is 0 Å². The monoisotopic (exact) mass is 451 g/mol. The second-order valence-electron chi connectivity index (χ2n) is 7.32. The SMILES string of the molecule is Cc1nc(-c2ccc3cc(CC(C#N)NC(=O)C4CNCCCO4)sc3c2)sc1C#N. The first-order chi connectivity index (χ1) is 15.1. The van der Waals surface area contributed by atoms with Crippen LogP contribution in [0.4, 0.5) is 0 Å². The van der Waals surface area contributed by atoms with Crippen molar-refractivity contribution in [2.45, 2.75) is 31.9 Å². The molecule has 1 amide bonds. The summed E-state index contributed by atoms with van der Waals surface area (Å²) < 4.78 is 6.66. The van der Waals surface area contributed by atoms with Gasteiger partial charge in [0.05, 0.1) is 11.8 Å². The number of amides is 1. The van der Waals surface area contributed by atoms with Gasteiger partial charge in [0.1, 0.15) is 28.1 Å². The first kappa shape index (κ1) is 21.4. The number of benzene rings is 1. The van der Waals surface area contributed by atoms with Gasteiger partial charge in [0.25, 0.3) is 5.91 Å². The fourth-order valence-corrected chi connectivity index (χ4v) is 5.43. The minimum absolute atomic E-state index is 0.253. The molecule has 9 heteroatoms. The van der Waals surface area contributed by atoms with E-state index in [1.165, 1.54) is 11.3 Å². The molecule has 4 rings (SSSR count). The van der Waals surface area contributed by atoms with Gasteiger partial charge < -0.3 is 15.4 Å². The zero-order valence-corrected chi connectivity index (χ0v) is 18.6. The number of nitrogens with zero attached hydrogens (tertiary/aromatic N) is 3. The molecule has 31 heavy (non-hydrogen) atoms. The van der Waals surface area contributed by atoms with E-state index >= 15 is 0 Å². The summed E-state index contributed by atoms with van der Waals surface area (Å²) in [4.78, 5) is 18.6. The fraction of sp³-hybridized carbons (Fsp3) is 0.364. The van der Waals surface area contributed by atoms with E-state index in [1.807, 2.05) is 19.1 Å². The largest absolute Gasteiger partial charge is 0.367 e. The maximum atomic E-state index is 12.5. The first-order valence-corrected chi connectivity index (χ1v) is 11.6. The average Bonchev–Trinajstić information content (AvgIpc) is 3.23. The Kier molecular flexibility index (Phi) is 6.59. The van der Waals surface area contributed by atoms with Crippen LogP contribution in [-0.4, -0.2) is 42.7 Å². The molecule has 1 aromatic carbocycles. The van der Waals surface area contributed by atoms with Gasteiger partial charge in [-0.05, 0) is 37.4 Å². The number of aromatic nitrogens is 1. The van der Waals surface area contributed by atoms with Crippen molar-refractivity contribution >= 4 is 38.7 Å². The molecule has 2 N–H and O–H groups in total. The molecule has 0 radical (unpaired) electrons. The summed E-state index contributed by atoms with van der Waals surface area (Å²) >= 11 is 2.99. The molecule has 2 aromatic heterocycles. The van der Waals surface area contributed by atoms with Crippen molar-refractivity contribution in [1.82, 2.24) is 15.6 Å². The molecule has 1 saturated heterocycles. The topological polar surface area (TPSA) is 111 Å². The Bertz CT molecular complexity index is 1180. The van der Waals surface area contributed by atoms with Crippen LogP contribution in [0.25, 0.3) is 20.7 Å². The van der Waals surface area contributed by atoms with E-state index in [4.69, 9.17) is 4.74 Å². The quantitative estimate of drug-likeness (QED) is 0.617. The number of hydrogen-bond acceptors (Lipinski definition) is 8. The summed E-state index contributed by atoms with van der Waals surface area (Å²) in [6.07, 6.45) is 0.739. The molecular formula is C22H21N5O2S2. The van der Waals surface area contributed by atoms with Crippen molar-refractivity contribution in [1.29, 1.82) is 10.5 Å². The number of nitriles is 2. The molecule has 0 spiro atoms. The Balaban J connectivity index is 1.48. The Morgan fingerprint density at radius 1 is 1.39 bits per heavy atom. The van der Waals surface area contributed by atoms with Gasteiger partial charge >= 0.3 is 0 Å². The highest BCUT2D eigenvalue weighted by molar-refractivity contribution is 7.19. The molecule has 158 valence electrons. The molecule has 1 aliphatic rings. The van der Waals surface area contributed by atoms with E-state index < -0.39 is 12.1 Å². The molecule has 0 bridgehead atoms. The van der Waals surface area contributed by atoms with Crippen LogP contribution in [-0.2, 0) is 16.0 Å². The minimum Gasteiger partial charge on any atom is -0.367 e. The molecular weight excluding hydrogens is 430 g/mol. The predicted octanol–water partition coefficient (Wildman–Crippen LogP) is 3.13. The molecule has 2 unspecified atom stereocenters. The standard InChI is InChI=1S/C22H21N5O2S2/c1-13-20(11-24)31-22(26-13)15-4-3-14-7-17(30-19(14)8-15)9-16(10-23)27-21(28)18-12-25-5-2-6-29-18/h3-4,7-8,16,18,25H,2,5-6,9,12H2,1H3,(H,27,28). The van der Waals surface area contributed by atoms with Gasteiger partial charge in [-0.2, -0.15) is 10.5 Å². The van der Waals surface area contributed by atoms with Crippen molar-refractivity contribution in [3.8, 4) is 22.7 Å². The number of fused-ring (bicyclic) bond motifs is 1. The lowest BCUT2D eigenvalue weighted by Crippen LogP contribution is -2.46. The van der Waals surface area contributed by atoms with Crippen LogP contribution in [0.3, 0.4) is 0 Å². The number of thiazole rings is 1. The van der Waals surface area contributed by atoms with Gasteiger partial charge in [0.15, 0.2) is 0 Å². The minimum atomic E-state index is -0.619. The normalized spacial score (nSPS) is 17.5. The number of carbonyl (C=O) groups excluding carboxylic acids is 1. The van der Waals surface area contributed by atoms with E-state index in [9.17, 15) is 15.3 Å². The van der Waals surface area contributed by atoms with Crippen molar-refractivity contribution in [3.63, 3.8) is 0 Å². The van der Waals surface area contributed by atoms with Crippen LogP contribution in [0.15, 0.2) is 24.3 Å². The van der Waals surface area contributed by atoms with Gasteiger partial charge in [-0.25, -0.2) is 4.98 Å². The summed E-state index contributed by atoms with van der Waals surface area (Å²) in [7, 11) is 0. The van der Waals surface area contributed by atoms with Crippen molar-refractivity contribution in [3.05, 3.63) is 39.7 Å². The Morgan fingerprint density at radius 3 is 3.03 bits per heavy atom. The van der Waals surface area contributed by atoms with Crippen molar-refractivity contribution < 1.29 is 9.53 Å². The van der Waals surface area contributed by atoms with Crippen molar-refractivity contribution in [2.75, 3.05) is 19.7 Å². The van der Waals surface area contributed by atoms with E-state index in [1.54, 1.807) is 11.3 Å². The molecule has 1 aliphatic heterocycles. The van der Waals surface area contributed by atoms with Crippen molar-refractivity contribution in [2.24, 2.45) is 0 Å².